The number of nitrogens with zero attached hydrogens (tertiary/aromatic N) is 1. The summed E-state index contributed by atoms with van der Waals surface area (Å²) >= 11 is 1.58. The number of fused-ring (bicyclic) bond motifs is 1. The normalized spacial score (nSPS) is 15.7. The fraction of sp³-hybridized carbons (Fsp3) is 0.250. The molecule has 1 heterocycles. The number of amides is 2. The molecule has 2 aromatic rings. The fourth-order valence-corrected chi connectivity index (χ4v) is 3.29. The molecule has 0 saturated carbocycles. The van der Waals surface area contributed by atoms with Gasteiger partial charge in [0, 0.05) is 16.1 Å². The van der Waals surface area contributed by atoms with Crippen LogP contribution < -0.4 is 15.0 Å². The van der Waals surface area contributed by atoms with Gasteiger partial charge < -0.3 is 10.1 Å². The van der Waals surface area contributed by atoms with Crippen molar-refractivity contribution in [3.63, 3.8) is 0 Å². The lowest BCUT2D eigenvalue weighted by Crippen LogP contribution is -2.47. The first-order valence-corrected chi connectivity index (χ1v) is 9.68. The molecule has 140 valence electrons. The van der Waals surface area contributed by atoms with E-state index in [1.54, 1.807) is 43.0 Å². The second-order valence-corrected chi connectivity index (χ2v) is 7.08. The van der Waals surface area contributed by atoms with Crippen LogP contribution in [0.1, 0.15) is 24.2 Å². The van der Waals surface area contributed by atoms with Crippen LogP contribution in [-0.2, 0) is 9.59 Å². The van der Waals surface area contributed by atoms with Gasteiger partial charge in [0.15, 0.2) is 11.9 Å². The molecule has 0 aliphatic carbocycles. The van der Waals surface area contributed by atoms with E-state index in [0.717, 1.165) is 4.90 Å². The minimum Gasteiger partial charge on any atom is -0.479 e. The fourth-order valence-electron chi connectivity index (χ4n) is 2.83. The summed E-state index contributed by atoms with van der Waals surface area (Å²) in [5, 5.41) is 2.81. The molecule has 1 atom stereocenters. The number of nitrogens with one attached hydrogen (secondary N) is 1. The molecular weight excluding hydrogens is 364 g/mol. The third kappa shape index (κ3) is 4.14. The second kappa shape index (κ2) is 7.84. The highest BCUT2D eigenvalue weighted by molar-refractivity contribution is 7.98. The highest BCUT2D eigenvalue weighted by Gasteiger charge is 2.33. The number of Topliss-reactive ketones (excluding diaryl/α,β-unsaturated/α-hetero) is 1. The first-order valence-electron chi connectivity index (χ1n) is 8.46. The third-order valence-corrected chi connectivity index (χ3v) is 4.95. The summed E-state index contributed by atoms with van der Waals surface area (Å²) in [5.74, 6) is -0.294. The number of anilines is 2. The van der Waals surface area contributed by atoms with Gasteiger partial charge in [-0.1, -0.05) is 6.07 Å². The number of hydrogen-bond acceptors (Lipinski definition) is 5. The molecule has 1 N–H and O–H groups in total. The minimum atomic E-state index is -0.701. The van der Waals surface area contributed by atoms with E-state index in [1.807, 2.05) is 24.5 Å². The molecule has 0 fully saturated rings. The Labute approximate surface area is 161 Å². The van der Waals surface area contributed by atoms with E-state index < -0.39 is 6.10 Å². The number of hydrogen-bond donors (Lipinski definition) is 1. The molecule has 1 aliphatic heterocycles. The van der Waals surface area contributed by atoms with Gasteiger partial charge in [-0.05, 0) is 56.5 Å². The van der Waals surface area contributed by atoms with Gasteiger partial charge in [0.25, 0.3) is 5.91 Å². The summed E-state index contributed by atoms with van der Waals surface area (Å²) in [6.45, 7) is 2.92. The molecule has 27 heavy (non-hydrogen) atoms. The highest BCUT2D eigenvalue weighted by atomic mass is 32.2. The molecule has 0 radical (unpaired) electrons. The molecular formula is C20H20N2O4S. The van der Waals surface area contributed by atoms with E-state index in [1.165, 1.54) is 11.8 Å². The first-order chi connectivity index (χ1) is 12.9. The van der Waals surface area contributed by atoms with Gasteiger partial charge in [0.2, 0.25) is 5.91 Å². The summed E-state index contributed by atoms with van der Waals surface area (Å²) in [7, 11) is 0. The molecule has 6 nitrogen and oxygen atoms in total. The Morgan fingerprint density at radius 3 is 2.70 bits per heavy atom. The van der Waals surface area contributed by atoms with Crippen molar-refractivity contribution in [2.24, 2.45) is 0 Å². The van der Waals surface area contributed by atoms with Gasteiger partial charge in [-0.15, -0.1) is 11.8 Å². The van der Waals surface area contributed by atoms with Crippen LogP contribution in [0.15, 0.2) is 47.4 Å². The molecule has 3 rings (SSSR count). The first kappa shape index (κ1) is 19.0. The van der Waals surface area contributed by atoms with E-state index >= 15 is 0 Å². The zero-order valence-corrected chi connectivity index (χ0v) is 16.1. The third-order valence-electron chi connectivity index (χ3n) is 4.23. The van der Waals surface area contributed by atoms with Crippen LogP contribution in [0, 0.1) is 0 Å². The lowest BCUT2D eigenvalue weighted by molar-refractivity contribution is -0.127. The van der Waals surface area contributed by atoms with E-state index in [-0.39, 0.29) is 24.1 Å². The predicted molar refractivity (Wildman–Crippen MR) is 106 cm³/mol. The van der Waals surface area contributed by atoms with Gasteiger partial charge in [-0.3, -0.25) is 19.3 Å². The highest BCUT2D eigenvalue weighted by Crippen LogP contribution is 2.35. The van der Waals surface area contributed by atoms with Crippen LogP contribution in [0.25, 0.3) is 0 Å². The standard InChI is InChI=1S/C20H20N2O4S/c1-12(23)14-7-8-18-17(9-14)22(20(25)13(2)26-18)11-19(24)21-15-5-4-6-16(10-15)27-3/h4-10,13H,11H2,1-3H3,(H,21,24). The summed E-state index contributed by atoms with van der Waals surface area (Å²) in [6.07, 6.45) is 1.26. The number of carbonyl (C=O) groups excluding carboxylic acids is 3. The predicted octanol–water partition coefficient (Wildman–Crippen LogP) is 3.36. The summed E-state index contributed by atoms with van der Waals surface area (Å²) in [4.78, 5) is 39.2. The Hall–Kier alpha value is -2.80. The zero-order valence-electron chi connectivity index (χ0n) is 15.3. The van der Waals surface area contributed by atoms with Gasteiger partial charge >= 0.3 is 0 Å². The SMILES string of the molecule is CSc1cccc(NC(=O)CN2C(=O)C(C)Oc3ccc(C(C)=O)cc32)c1. The van der Waals surface area contributed by atoms with Crippen LogP contribution in [-0.4, -0.2) is 36.5 Å². The van der Waals surface area contributed by atoms with Crippen molar-refractivity contribution in [2.75, 3.05) is 23.0 Å². The average molecular weight is 384 g/mol. The molecule has 0 saturated heterocycles. The minimum absolute atomic E-state index is 0.123. The van der Waals surface area contributed by atoms with E-state index in [2.05, 4.69) is 5.32 Å². The Kier molecular flexibility index (Phi) is 5.51. The topological polar surface area (TPSA) is 75.7 Å². The summed E-state index contributed by atoms with van der Waals surface area (Å²) in [6, 6.07) is 12.4. The molecule has 0 bridgehead atoms. The number of ketones is 1. The monoisotopic (exact) mass is 384 g/mol. The molecule has 0 spiro atoms. The number of ether oxygens (including phenoxy) is 1. The smallest absolute Gasteiger partial charge is 0.268 e. The summed E-state index contributed by atoms with van der Waals surface area (Å²) in [5.41, 5.74) is 1.55. The van der Waals surface area contributed by atoms with Crippen molar-refractivity contribution in [1.82, 2.24) is 0 Å². The van der Waals surface area contributed by atoms with Crippen molar-refractivity contribution >= 4 is 40.7 Å². The van der Waals surface area contributed by atoms with Crippen LogP contribution in [0.2, 0.25) is 0 Å². The number of carbonyl (C=O) groups is 3. The van der Waals surface area contributed by atoms with Crippen molar-refractivity contribution in [3.8, 4) is 5.75 Å². The maximum absolute atomic E-state index is 12.6. The molecule has 2 aromatic carbocycles. The molecule has 1 unspecified atom stereocenters. The van der Waals surface area contributed by atoms with Gasteiger partial charge in [-0.25, -0.2) is 0 Å². The van der Waals surface area contributed by atoms with Gasteiger partial charge in [0.1, 0.15) is 12.3 Å². The van der Waals surface area contributed by atoms with E-state index in [0.29, 0.717) is 22.7 Å². The van der Waals surface area contributed by atoms with Crippen molar-refractivity contribution < 1.29 is 19.1 Å². The van der Waals surface area contributed by atoms with Crippen molar-refractivity contribution in [1.29, 1.82) is 0 Å². The van der Waals surface area contributed by atoms with Gasteiger partial charge in [0.05, 0.1) is 5.69 Å². The van der Waals surface area contributed by atoms with E-state index in [4.69, 9.17) is 4.74 Å². The number of rotatable bonds is 5. The quantitative estimate of drug-likeness (QED) is 0.632. The van der Waals surface area contributed by atoms with Crippen LogP contribution in [0.4, 0.5) is 11.4 Å². The maximum Gasteiger partial charge on any atom is 0.268 e. The van der Waals surface area contributed by atoms with Crippen LogP contribution >= 0.6 is 11.8 Å². The molecule has 2 amide bonds. The van der Waals surface area contributed by atoms with Crippen molar-refractivity contribution in [3.05, 3.63) is 48.0 Å². The lowest BCUT2D eigenvalue weighted by Gasteiger charge is -2.32. The second-order valence-electron chi connectivity index (χ2n) is 6.20. The zero-order chi connectivity index (χ0) is 19.6. The Bertz CT molecular complexity index is 913. The molecule has 1 aliphatic rings. The van der Waals surface area contributed by atoms with E-state index in [9.17, 15) is 14.4 Å². The summed E-state index contributed by atoms with van der Waals surface area (Å²) < 4.78 is 5.60. The van der Waals surface area contributed by atoms with Crippen LogP contribution in [0.5, 0.6) is 5.75 Å². The number of thioether (sulfide) groups is 1. The Morgan fingerprint density at radius 1 is 1.22 bits per heavy atom. The average Bonchev–Trinajstić information content (AvgIpc) is 2.65. The van der Waals surface area contributed by atoms with Crippen molar-refractivity contribution in [2.45, 2.75) is 24.8 Å². The number of benzene rings is 2. The largest absolute Gasteiger partial charge is 0.479 e. The van der Waals surface area contributed by atoms with Gasteiger partial charge in [-0.2, -0.15) is 0 Å². The molecule has 7 heteroatoms. The lowest BCUT2D eigenvalue weighted by atomic mass is 10.1. The molecule has 0 aromatic heterocycles. The Balaban J connectivity index is 1.84. The Morgan fingerprint density at radius 2 is 2.00 bits per heavy atom. The van der Waals surface area contributed by atoms with Crippen LogP contribution in [0.3, 0.4) is 0 Å². The maximum atomic E-state index is 12.6.